The summed E-state index contributed by atoms with van der Waals surface area (Å²) in [6.45, 7) is 1.82. The van der Waals surface area contributed by atoms with Gasteiger partial charge in [-0.15, -0.1) is 0 Å². The van der Waals surface area contributed by atoms with Gasteiger partial charge in [-0.1, -0.05) is 18.2 Å². The van der Waals surface area contributed by atoms with Gasteiger partial charge in [0, 0.05) is 12.8 Å². The fourth-order valence-corrected chi connectivity index (χ4v) is 1.98. The van der Waals surface area contributed by atoms with Gasteiger partial charge >= 0.3 is 5.97 Å². The highest BCUT2D eigenvalue weighted by Gasteiger charge is 2.28. The molecule has 6 heteroatoms. The lowest BCUT2D eigenvalue weighted by Gasteiger charge is -2.25. The number of carbonyl (C=O) groups excluding carboxylic acids is 2. The van der Waals surface area contributed by atoms with E-state index in [0.29, 0.717) is 5.70 Å². The van der Waals surface area contributed by atoms with Crippen LogP contribution in [0, 0.1) is 0 Å². The maximum atomic E-state index is 12.0. The molecule has 0 aromatic rings. The minimum absolute atomic E-state index is 0.175. The summed E-state index contributed by atoms with van der Waals surface area (Å²) >= 11 is 0. The highest BCUT2D eigenvalue weighted by molar-refractivity contribution is 6.37. The molecule has 106 valence electrons. The SMILES string of the molecule is COC(=O)C1=NN(C2=CC(C)(N)C=CC=C2)C(=O)CC1. The van der Waals surface area contributed by atoms with E-state index in [1.165, 1.54) is 12.1 Å². The summed E-state index contributed by atoms with van der Waals surface area (Å²) in [6.07, 6.45) is 9.37. The van der Waals surface area contributed by atoms with Crippen LogP contribution in [0.1, 0.15) is 19.8 Å². The van der Waals surface area contributed by atoms with Crippen molar-refractivity contribution in [2.24, 2.45) is 10.8 Å². The van der Waals surface area contributed by atoms with Gasteiger partial charge in [-0.2, -0.15) is 5.10 Å². The molecule has 1 amide bonds. The highest BCUT2D eigenvalue weighted by Crippen LogP contribution is 2.21. The number of amides is 1. The second kappa shape index (κ2) is 5.42. The van der Waals surface area contributed by atoms with Gasteiger partial charge in [0.15, 0.2) is 0 Å². The molecule has 20 heavy (non-hydrogen) atoms. The van der Waals surface area contributed by atoms with Crippen molar-refractivity contribution in [2.75, 3.05) is 7.11 Å². The highest BCUT2D eigenvalue weighted by atomic mass is 16.5. The van der Waals surface area contributed by atoms with E-state index in [1.807, 2.05) is 19.1 Å². The first kappa shape index (κ1) is 14.2. The van der Waals surface area contributed by atoms with Crippen LogP contribution in [0.5, 0.6) is 0 Å². The van der Waals surface area contributed by atoms with Crippen molar-refractivity contribution in [1.29, 1.82) is 0 Å². The number of allylic oxidation sites excluding steroid dienone is 3. The molecule has 0 saturated heterocycles. The molecule has 0 spiro atoms. The average Bonchev–Trinajstić information content (AvgIpc) is 2.59. The van der Waals surface area contributed by atoms with Crippen molar-refractivity contribution in [2.45, 2.75) is 25.3 Å². The number of hydrogen-bond donors (Lipinski definition) is 1. The molecule has 0 radical (unpaired) electrons. The summed E-state index contributed by atoms with van der Waals surface area (Å²) in [5.41, 5.74) is 6.16. The Balaban J connectivity index is 2.37. The first-order chi connectivity index (χ1) is 9.43. The molecule has 0 saturated carbocycles. The molecule has 1 aliphatic carbocycles. The summed E-state index contributed by atoms with van der Waals surface area (Å²) < 4.78 is 4.64. The van der Waals surface area contributed by atoms with Crippen LogP contribution >= 0.6 is 0 Å². The van der Waals surface area contributed by atoms with Gasteiger partial charge in [0.1, 0.15) is 5.71 Å². The Morgan fingerprint density at radius 1 is 1.45 bits per heavy atom. The molecular weight excluding hydrogens is 258 g/mol. The number of carbonyl (C=O) groups is 2. The average molecular weight is 275 g/mol. The summed E-state index contributed by atoms with van der Waals surface area (Å²) in [7, 11) is 1.29. The van der Waals surface area contributed by atoms with E-state index in [0.717, 1.165) is 0 Å². The van der Waals surface area contributed by atoms with Gasteiger partial charge in [-0.3, -0.25) is 4.79 Å². The number of ether oxygens (including phenoxy) is 1. The van der Waals surface area contributed by atoms with Gasteiger partial charge in [0.25, 0.3) is 0 Å². The van der Waals surface area contributed by atoms with Gasteiger partial charge in [-0.25, -0.2) is 9.80 Å². The van der Waals surface area contributed by atoms with Crippen molar-refractivity contribution in [3.63, 3.8) is 0 Å². The van der Waals surface area contributed by atoms with Crippen LogP contribution in [0.15, 0.2) is 41.2 Å². The van der Waals surface area contributed by atoms with Crippen LogP contribution < -0.4 is 5.73 Å². The third kappa shape index (κ3) is 3.03. The van der Waals surface area contributed by atoms with Crippen molar-refractivity contribution < 1.29 is 14.3 Å². The quantitative estimate of drug-likeness (QED) is 0.758. The van der Waals surface area contributed by atoms with E-state index in [-0.39, 0.29) is 24.5 Å². The first-order valence-corrected chi connectivity index (χ1v) is 6.29. The van der Waals surface area contributed by atoms with Crippen LogP contribution in [0.3, 0.4) is 0 Å². The predicted octanol–water partition coefficient (Wildman–Crippen LogP) is 0.865. The molecule has 0 aromatic carbocycles. The molecule has 1 aliphatic heterocycles. The number of hydrogen-bond acceptors (Lipinski definition) is 5. The molecule has 2 N–H and O–H groups in total. The maximum absolute atomic E-state index is 12.0. The standard InChI is InChI=1S/C14H17N3O3/c1-14(15)8-4-3-5-10(9-14)17-12(18)7-6-11(16-17)13(19)20-2/h3-5,8-9H,6-7,15H2,1-2H3. The summed E-state index contributed by atoms with van der Waals surface area (Å²) in [4.78, 5) is 23.5. The van der Waals surface area contributed by atoms with Crippen molar-refractivity contribution in [3.05, 3.63) is 36.1 Å². The van der Waals surface area contributed by atoms with Gasteiger partial charge in [0.05, 0.1) is 18.3 Å². The van der Waals surface area contributed by atoms with Crippen molar-refractivity contribution >= 4 is 17.6 Å². The van der Waals surface area contributed by atoms with Crippen LogP contribution in [0.4, 0.5) is 0 Å². The van der Waals surface area contributed by atoms with E-state index in [9.17, 15) is 9.59 Å². The van der Waals surface area contributed by atoms with E-state index in [2.05, 4.69) is 9.84 Å². The number of esters is 1. The number of nitrogens with two attached hydrogens (primary N) is 1. The van der Waals surface area contributed by atoms with Gasteiger partial charge in [-0.05, 0) is 19.1 Å². The molecule has 6 nitrogen and oxygen atoms in total. The number of nitrogens with zero attached hydrogens (tertiary/aromatic N) is 2. The Kier molecular flexibility index (Phi) is 3.85. The fourth-order valence-electron chi connectivity index (χ4n) is 1.98. The molecule has 2 rings (SSSR count). The normalized spacial score (nSPS) is 25.9. The Morgan fingerprint density at radius 3 is 2.90 bits per heavy atom. The third-order valence-electron chi connectivity index (χ3n) is 2.99. The zero-order valence-electron chi connectivity index (χ0n) is 11.5. The Hall–Kier alpha value is -2.21. The first-order valence-electron chi connectivity index (χ1n) is 6.29. The van der Waals surface area contributed by atoms with Gasteiger partial charge < -0.3 is 10.5 Å². The van der Waals surface area contributed by atoms with Crippen LogP contribution in [0.25, 0.3) is 0 Å². The molecule has 1 atom stereocenters. The zero-order valence-corrected chi connectivity index (χ0v) is 11.5. The van der Waals surface area contributed by atoms with Gasteiger partial charge in [0.2, 0.25) is 5.91 Å². The fraction of sp³-hybridized carbons (Fsp3) is 0.357. The predicted molar refractivity (Wildman–Crippen MR) is 74.5 cm³/mol. The number of hydrazone groups is 1. The summed E-state index contributed by atoms with van der Waals surface area (Å²) in [6, 6.07) is 0. The molecule has 0 fully saturated rings. The number of rotatable bonds is 2. The van der Waals surface area contributed by atoms with E-state index in [1.54, 1.807) is 18.2 Å². The lowest BCUT2D eigenvalue weighted by atomic mass is 10.0. The molecule has 1 unspecified atom stereocenters. The molecule has 1 heterocycles. The Bertz CT molecular complexity index is 556. The lowest BCUT2D eigenvalue weighted by molar-refractivity contribution is -0.133. The van der Waals surface area contributed by atoms with Crippen LogP contribution in [-0.4, -0.2) is 35.2 Å². The molecular formula is C14H17N3O3. The monoisotopic (exact) mass is 275 g/mol. The lowest BCUT2D eigenvalue weighted by Crippen LogP contribution is -2.36. The Morgan fingerprint density at radius 2 is 2.20 bits per heavy atom. The maximum Gasteiger partial charge on any atom is 0.354 e. The topological polar surface area (TPSA) is 85.0 Å². The minimum atomic E-state index is -0.683. The zero-order chi connectivity index (χ0) is 14.8. The number of methoxy groups -OCH3 is 1. The van der Waals surface area contributed by atoms with Crippen LogP contribution in [-0.2, 0) is 14.3 Å². The summed E-state index contributed by atoms with van der Waals surface area (Å²) in [5, 5.41) is 5.30. The molecule has 0 aromatic heterocycles. The van der Waals surface area contributed by atoms with Crippen molar-refractivity contribution in [3.8, 4) is 0 Å². The van der Waals surface area contributed by atoms with E-state index >= 15 is 0 Å². The minimum Gasteiger partial charge on any atom is -0.464 e. The van der Waals surface area contributed by atoms with Crippen LogP contribution in [0.2, 0.25) is 0 Å². The summed E-state index contributed by atoms with van der Waals surface area (Å²) in [5.74, 6) is -0.694. The third-order valence-corrected chi connectivity index (χ3v) is 2.99. The van der Waals surface area contributed by atoms with E-state index in [4.69, 9.17) is 5.73 Å². The second-order valence-corrected chi connectivity index (χ2v) is 4.90. The molecule has 2 aliphatic rings. The van der Waals surface area contributed by atoms with E-state index < -0.39 is 11.5 Å². The second-order valence-electron chi connectivity index (χ2n) is 4.90. The smallest absolute Gasteiger partial charge is 0.354 e. The molecule has 0 bridgehead atoms. The largest absolute Gasteiger partial charge is 0.464 e. The van der Waals surface area contributed by atoms with Crippen molar-refractivity contribution in [1.82, 2.24) is 5.01 Å². The Labute approximate surface area is 117 Å².